The number of benzene rings is 1. The van der Waals surface area contributed by atoms with E-state index in [1.54, 1.807) is 18.3 Å². The third-order valence-electron chi connectivity index (χ3n) is 7.01. The largest absolute Gasteiger partial charge is 0.433 e. The van der Waals surface area contributed by atoms with Gasteiger partial charge in [0, 0.05) is 44.5 Å². The van der Waals surface area contributed by atoms with Gasteiger partial charge in [0.1, 0.15) is 24.1 Å². The highest BCUT2D eigenvalue weighted by molar-refractivity contribution is 5.83. The van der Waals surface area contributed by atoms with Crippen LogP contribution in [0.2, 0.25) is 0 Å². The standard InChI is InChI=1S/C26H27F3N8O/c27-26(28,29)22-11-16(14-36-7-9-37(10-8-36)24(38)17-1-2-17)12-23(34-22)35-25-32-20-4-3-18(13-21(20)33-25)19-5-6-30-15-31-19/h3-6,11-13,15,17,24,38H,1-2,7-10,14H2,(H2,32,33,34,35). The Morgan fingerprint density at radius 2 is 1.87 bits per heavy atom. The molecule has 3 N–H and O–H groups in total. The van der Waals surface area contributed by atoms with E-state index in [-0.39, 0.29) is 5.82 Å². The van der Waals surface area contributed by atoms with Crippen LogP contribution in [0, 0.1) is 5.92 Å². The van der Waals surface area contributed by atoms with Crippen molar-refractivity contribution in [1.82, 2.24) is 34.7 Å². The van der Waals surface area contributed by atoms with Crippen LogP contribution >= 0.6 is 0 Å². The summed E-state index contributed by atoms with van der Waals surface area (Å²) in [5.74, 6) is 0.717. The second-order valence-corrected chi connectivity index (χ2v) is 9.84. The molecular weight excluding hydrogens is 497 g/mol. The molecular formula is C26H27F3N8O. The van der Waals surface area contributed by atoms with Crippen molar-refractivity contribution < 1.29 is 18.3 Å². The Morgan fingerprint density at radius 1 is 1.05 bits per heavy atom. The van der Waals surface area contributed by atoms with Crippen LogP contribution in [0.3, 0.4) is 0 Å². The molecule has 0 amide bonds. The minimum Gasteiger partial charge on any atom is -0.378 e. The van der Waals surface area contributed by atoms with Gasteiger partial charge in [-0.25, -0.2) is 19.9 Å². The van der Waals surface area contributed by atoms with Crippen molar-refractivity contribution in [3.05, 3.63) is 60.2 Å². The molecule has 0 radical (unpaired) electrons. The molecule has 6 rings (SSSR count). The number of hydrogen-bond donors (Lipinski definition) is 3. The Balaban J connectivity index is 1.20. The Morgan fingerprint density at radius 3 is 2.58 bits per heavy atom. The minimum atomic E-state index is -4.58. The van der Waals surface area contributed by atoms with Gasteiger partial charge < -0.3 is 15.4 Å². The molecule has 9 nitrogen and oxygen atoms in total. The Kier molecular flexibility index (Phi) is 6.46. The number of anilines is 2. The number of rotatable bonds is 7. The van der Waals surface area contributed by atoms with Gasteiger partial charge in [-0.15, -0.1) is 0 Å². The zero-order valence-electron chi connectivity index (χ0n) is 20.5. The predicted molar refractivity (Wildman–Crippen MR) is 135 cm³/mol. The molecule has 1 aliphatic heterocycles. The third-order valence-corrected chi connectivity index (χ3v) is 7.01. The summed E-state index contributed by atoms with van der Waals surface area (Å²) in [5.41, 5.74) is 2.53. The van der Waals surface area contributed by atoms with Crippen molar-refractivity contribution in [2.45, 2.75) is 31.8 Å². The maximum atomic E-state index is 13.7. The minimum absolute atomic E-state index is 0.0627. The van der Waals surface area contributed by atoms with E-state index in [4.69, 9.17) is 0 Å². The molecule has 2 aliphatic rings. The molecule has 38 heavy (non-hydrogen) atoms. The van der Waals surface area contributed by atoms with Crippen molar-refractivity contribution in [2.24, 2.45) is 5.92 Å². The van der Waals surface area contributed by atoms with Crippen molar-refractivity contribution in [2.75, 3.05) is 31.5 Å². The van der Waals surface area contributed by atoms with Gasteiger partial charge in [-0.3, -0.25) is 9.80 Å². The van der Waals surface area contributed by atoms with E-state index in [0.29, 0.717) is 61.2 Å². The number of aliphatic hydroxyl groups excluding tert-OH is 1. The number of pyridine rings is 1. The fourth-order valence-electron chi connectivity index (χ4n) is 4.84. The summed E-state index contributed by atoms with van der Waals surface area (Å²) >= 11 is 0. The molecule has 198 valence electrons. The third kappa shape index (κ3) is 5.47. The van der Waals surface area contributed by atoms with Gasteiger partial charge in [-0.05, 0) is 54.7 Å². The topological polar surface area (TPSA) is 106 Å². The second-order valence-electron chi connectivity index (χ2n) is 9.84. The van der Waals surface area contributed by atoms with E-state index in [0.717, 1.165) is 30.2 Å². The number of aromatic amines is 1. The maximum Gasteiger partial charge on any atom is 0.433 e. The zero-order chi connectivity index (χ0) is 26.3. The number of nitrogens with zero attached hydrogens (tertiary/aromatic N) is 6. The summed E-state index contributed by atoms with van der Waals surface area (Å²) in [5, 5.41) is 13.3. The van der Waals surface area contributed by atoms with E-state index < -0.39 is 18.1 Å². The summed E-state index contributed by atoms with van der Waals surface area (Å²) in [7, 11) is 0. The summed E-state index contributed by atoms with van der Waals surface area (Å²) in [4.78, 5) is 23.7. The summed E-state index contributed by atoms with van der Waals surface area (Å²) in [6.07, 6.45) is 0.242. The van der Waals surface area contributed by atoms with Gasteiger partial charge >= 0.3 is 6.18 Å². The summed E-state index contributed by atoms with van der Waals surface area (Å²) in [6.45, 7) is 3.09. The Hall–Kier alpha value is -3.61. The fourth-order valence-corrected chi connectivity index (χ4v) is 4.84. The number of aromatic nitrogens is 5. The number of hydrogen-bond acceptors (Lipinski definition) is 8. The second kappa shape index (κ2) is 9.93. The van der Waals surface area contributed by atoms with E-state index in [1.807, 2.05) is 18.2 Å². The molecule has 1 aromatic carbocycles. The molecule has 3 aromatic heterocycles. The number of nitrogens with one attached hydrogen (secondary N) is 2. The zero-order valence-corrected chi connectivity index (χ0v) is 20.5. The van der Waals surface area contributed by atoms with E-state index in [2.05, 4.69) is 40.0 Å². The first kappa shape index (κ1) is 24.7. The predicted octanol–water partition coefficient (Wildman–Crippen LogP) is 4.02. The van der Waals surface area contributed by atoms with Crippen molar-refractivity contribution >= 4 is 22.8 Å². The average molecular weight is 525 g/mol. The quantitative estimate of drug-likeness (QED) is 0.333. The molecule has 1 saturated heterocycles. The van der Waals surface area contributed by atoms with Crippen LogP contribution in [-0.4, -0.2) is 72.2 Å². The Labute approximate surface area is 216 Å². The van der Waals surface area contributed by atoms with Crippen LogP contribution in [0.1, 0.15) is 24.1 Å². The number of alkyl halides is 3. The fraction of sp³-hybridized carbons (Fsp3) is 0.385. The summed E-state index contributed by atoms with van der Waals surface area (Å²) < 4.78 is 41.1. The number of fused-ring (bicyclic) bond motifs is 1. The Bertz CT molecular complexity index is 1420. The molecule has 2 fully saturated rings. The SMILES string of the molecule is OC(C1CC1)N1CCN(Cc2cc(Nc3nc4ccc(-c5ccncn5)cc4[nH]3)nc(C(F)(F)F)c2)CC1. The van der Waals surface area contributed by atoms with Gasteiger partial charge in [0.2, 0.25) is 5.95 Å². The first-order valence-corrected chi connectivity index (χ1v) is 12.6. The number of piperazine rings is 1. The van der Waals surface area contributed by atoms with Gasteiger partial charge in [-0.1, -0.05) is 6.07 Å². The van der Waals surface area contributed by atoms with Crippen molar-refractivity contribution in [3.63, 3.8) is 0 Å². The van der Waals surface area contributed by atoms with Crippen LogP contribution in [0.15, 0.2) is 48.9 Å². The lowest BCUT2D eigenvalue weighted by molar-refractivity contribution is -0.141. The van der Waals surface area contributed by atoms with E-state index in [1.165, 1.54) is 6.33 Å². The lowest BCUT2D eigenvalue weighted by Crippen LogP contribution is -2.50. The van der Waals surface area contributed by atoms with Crippen LogP contribution in [-0.2, 0) is 12.7 Å². The van der Waals surface area contributed by atoms with E-state index >= 15 is 0 Å². The number of aliphatic hydroxyl groups is 1. The molecule has 0 bridgehead atoms. The average Bonchev–Trinajstić information content (AvgIpc) is 3.68. The molecule has 12 heteroatoms. The lowest BCUT2D eigenvalue weighted by Gasteiger charge is -2.37. The number of halogens is 3. The molecule has 1 saturated carbocycles. The van der Waals surface area contributed by atoms with Crippen LogP contribution < -0.4 is 5.32 Å². The van der Waals surface area contributed by atoms with Gasteiger partial charge in [0.15, 0.2) is 0 Å². The molecule has 1 atom stereocenters. The first-order chi connectivity index (χ1) is 18.3. The summed E-state index contributed by atoms with van der Waals surface area (Å²) in [6, 6.07) is 10.1. The molecule has 1 aliphatic carbocycles. The lowest BCUT2D eigenvalue weighted by atomic mass is 10.1. The van der Waals surface area contributed by atoms with Crippen molar-refractivity contribution in [3.8, 4) is 11.3 Å². The van der Waals surface area contributed by atoms with Gasteiger partial charge in [0.25, 0.3) is 0 Å². The number of H-pyrrole nitrogens is 1. The maximum absolute atomic E-state index is 13.7. The highest BCUT2D eigenvalue weighted by Crippen LogP contribution is 2.35. The first-order valence-electron chi connectivity index (χ1n) is 12.6. The smallest absolute Gasteiger partial charge is 0.378 e. The highest BCUT2D eigenvalue weighted by Gasteiger charge is 2.36. The molecule has 4 aromatic rings. The van der Waals surface area contributed by atoms with Crippen LogP contribution in [0.4, 0.5) is 24.9 Å². The molecule has 4 heterocycles. The van der Waals surface area contributed by atoms with Crippen LogP contribution in [0.25, 0.3) is 22.3 Å². The number of imidazole rings is 1. The molecule has 0 spiro atoms. The van der Waals surface area contributed by atoms with Gasteiger partial charge in [0.05, 0.1) is 16.7 Å². The van der Waals surface area contributed by atoms with E-state index in [9.17, 15) is 18.3 Å². The molecule has 1 unspecified atom stereocenters. The van der Waals surface area contributed by atoms with Crippen molar-refractivity contribution in [1.29, 1.82) is 0 Å². The van der Waals surface area contributed by atoms with Crippen LogP contribution in [0.5, 0.6) is 0 Å². The monoisotopic (exact) mass is 524 g/mol. The highest BCUT2D eigenvalue weighted by atomic mass is 19.4. The normalized spacial score (nSPS) is 18.1. The van der Waals surface area contributed by atoms with Gasteiger partial charge in [-0.2, -0.15) is 13.2 Å².